The molecule has 2 fully saturated rings. The van der Waals surface area contributed by atoms with E-state index in [1.165, 1.54) is 24.3 Å². The highest BCUT2D eigenvalue weighted by molar-refractivity contribution is 6.32. The second kappa shape index (κ2) is 7.37. The van der Waals surface area contributed by atoms with Crippen LogP contribution in [0.4, 0.5) is 11.4 Å². The lowest BCUT2D eigenvalue weighted by molar-refractivity contribution is -0.130. The van der Waals surface area contributed by atoms with Crippen molar-refractivity contribution in [1.82, 2.24) is 5.32 Å². The topological polar surface area (TPSA) is 165 Å². The number of carbonyl (C=O) groups excluding carboxylic acids is 5. The van der Waals surface area contributed by atoms with Gasteiger partial charge in [-0.25, -0.2) is 4.90 Å². The predicted octanol–water partition coefficient (Wildman–Crippen LogP) is 0.548. The van der Waals surface area contributed by atoms with E-state index in [1.54, 1.807) is 19.1 Å². The standard InChI is InChI=1S/C23H20ClN5O5/c1-9-13(24)7-6-12-18(9)27-22(34)23(12)17-16(14(28-23)8-15(25)30)20(32)29(21(17)33)11-4-2-10(3-5-11)19(26)31/h2-7,14,16-17,28H,8H2,1H3,(H2,25,30)(H2,26,31)(H,27,34)/t14-,16+,17-,23+/m0/s1. The second-order valence-corrected chi connectivity index (χ2v) is 9.11. The van der Waals surface area contributed by atoms with Crippen LogP contribution in [-0.2, 0) is 24.7 Å². The number of imide groups is 1. The summed E-state index contributed by atoms with van der Waals surface area (Å²) in [6, 6.07) is 8.11. The molecule has 5 rings (SSSR count). The van der Waals surface area contributed by atoms with E-state index < -0.39 is 53.0 Å². The number of fused-ring (bicyclic) bond motifs is 4. The Bertz CT molecular complexity index is 1310. The fourth-order valence-electron chi connectivity index (χ4n) is 5.41. The Morgan fingerprint density at radius 1 is 1.06 bits per heavy atom. The van der Waals surface area contributed by atoms with Crippen LogP contribution in [0.3, 0.4) is 0 Å². The van der Waals surface area contributed by atoms with Gasteiger partial charge in [0.1, 0.15) is 5.54 Å². The zero-order valence-corrected chi connectivity index (χ0v) is 18.7. The van der Waals surface area contributed by atoms with Gasteiger partial charge in [-0.2, -0.15) is 0 Å². The Morgan fingerprint density at radius 2 is 1.74 bits per heavy atom. The maximum absolute atomic E-state index is 13.8. The number of nitrogens with one attached hydrogen (secondary N) is 2. The molecule has 174 valence electrons. The van der Waals surface area contributed by atoms with Gasteiger partial charge in [-0.3, -0.25) is 29.3 Å². The van der Waals surface area contributed by atoms with Crippen molar-refractivity contribution in [3.8, 4) is 0 Å². The number of primary amides is 2. The number of halogens is 1. The molecule has 3 heterocycles. The van der Waals surface area contributed by atoms with E-state index in [4.69, 9.17) is 23.1 Å². The molecule has 34 heavy (non-hydrogen) atoms. The number of nitrogens with zero attached hydrogens (tertiary/aromatic N) is 1. The van der Waals surface area contributed by atoms with E-state index in [-0.39, 0.29) is 17.7 Å². The molecule has 3 aliphatic heterocycles. The molecular formula is C23H20ClN5O5. The summed E-state index contributed by atoms with van der Waals surface area (Å²) in [7, 11) is 0. The first-order valence-corrected chi connectivity index (χ1v) is 10.9. The Hall–Kier alpha value is -3.76. The minimum absolute atomic E-state index is 0.212. The van der Waals surface area contributed by atoms with Gasteiger partial charge in [-0.1, -0.05) is 17.7 Å². The predicted molar refractivity (Wildman–Crippen MR) is 122 cm³/mol. The number of nitrogens with two attached hydrogens (primary N) is 2. The molecule has 0 aliphatic carbocycles. The van der Waals surface area contributed by atoms with Crippen LogP contribution in [0, 0.1) is 18.8 Å². The highest BCUT2D eigenvalue weighted by Crippen LogP contribution is 2.55. The Balaban J connectivity index is 1.66. The first-order chi connectivity index (χ1) is 16.1. The lowest BCUT2D eigenvalue weighted by atomic mass is 9.76. The second-order valence-electron chi connectivity index (χ2n) is 8.70. The van der Waals surface area contributed by atoms with Crippen LogP contribution in [0.1, 0.15) is 27.9 Å². The fraction of sp³-hybridized carbons (Fsp3) is 0.261. The van der Waals surface area contributed by atoms with Gasteiger partial charge in [0.15, 0.2) is 0 Å². The third kappa shape index (κ3) is 2.82. The van der Waals surface area contributed by atoms with Crippen molar-refractivity contribution in [2.45, 2.75) is 24.9 Å². The first-order valence-electron chi connectivity index (χ1n) is 10.5. The molecule has 0 unspecified atom stereocenters. The molecule has 10 nitrogen and oxygen atoms in total. The molecule has 0 bridgehead atoms. The third-order valence-corrected chi connectivity index (χ3v) is 7.33. The molecule has 0 radical (unpaired) electrons. The summed E-state index contributed by atoms with van der Waals surface area (Å²) in [5.74, 6) is -5.14. The number of benzene rings is 2. The van der Waals surface area contributed by atoms with Crippen molar-refractivity contribution in [2.24, 2.45) is 23.3 Å². The highest BCUT2D eigenvalue weighted by Gasteiger charge is 2.70. The van der Waals surface area contributed by atoms with Gasteiger partial charge in [0.2, 0.25) is 29.5 Å². The summed E-state index contributed by atoms with van der Waals surface area (Å²) in [5.41, 5.74) is 11.1. The largest absolute Gasteiger partial charge is 0.370 e. The van der Waals surface area contributed by atoms with Gasteiger partial charge in [-0.15, -0.1) is 0 Å². The van der Waals surface area contributed by atoms with E-state index in [0.29, 0.717) is 21.8 Å². The van der Waals surface area contributed by atoms with Crippen LogP contribution < -0.4 is 27.0 Å². The average molecular weight is 482 g/mol. The summed E-state index contributed by atoms with van der Waals surface area (Å²) in [4.78, 5) is 65.0. The molecule has 0 aromatic heterocycles. The molecule has 6 N–H and O–H groups in total. The van der Waals surface area contributed by atoms with Gasteiger partial charge < -0.3 is 16.8 Å². The Morgan fingerprint density at radius 3 is 2.35 bits per heavy atom. The van der Waals surface area contributed by atoms with Gasteiger partial charge in [0.05, 0.1) is 23.2 Å². The summed E-state index contributed by atoms with van der Waals surface area (Å²) < 4.78 is 0. The van der Waals surface area contributed by atoms with Gasteiger partial charge in [-0.05, 0) is 42.8 Å². The van der Waals surface area contributed by atoms with Crippen molar-refractivity contribution in [3.63, 3.8) is 0 Å². The lowest BCUT2D eigenvalue weighted by Crippen LogP contribution is -2.53. The number of rotatable bonds is 4. The molecule has 4 atom stereocenters. The molecule has 2 aromatic carbocycles. The smallest absolute Gasteiger partial charge is 0.250 e. The SMILES string of the molecule is Cc1c(Cl)ccc2c1NC(=O)[C@@]21N[C@@H](CC(N)=O)[C@H]2C(=O)N(c3ccc(C(N)=O)cc3)C(=O)[C@H]21. The minimum Gasteiger partial charge on any atom is -0.370 e. The first kappa shape index (κ1) is 22.1. The van der Waals surface area contributed by atoms with Crippen LogP contribution in [0.25, 0.3) is 0 Å². The average Bonchev–Trinajstić information content (AvgIpc) is 3.35. The number of carbonyl (C=O) groups is 5. The number of amides is 5. The van der Waals surface area contributed by atoms with E-state index >= 15 is 0 Å². The maximum atomic E-state index is 13.8. The molecule has 11 heteroatoms. The van der Waals surface area contributed by atoms with Crippen LogP contribution in [0.2, 0.25) is 5.02 Å². The summed E-state index contributed by atoms with van der Waals surface area (Å²) in [5, 5.41) is 6.36. The fourth-order valence-corrected chi connectivity index (χ4v) is 5.57. The monoisotopic (exact) mass is 481 g/mol. The van der Waals surface area contributed by atoms with Crippen molar-refractivity contribution in [3.05, 3.63) is 58.1 Å². The maximum Gasteiger partial charge on any atom is 0.250 e. The summed E-state index contributed by atoms with van der Waals surface area (Å²) in [6.07, 6.45) is -0.244. The zero-order valence-electron chi connectivity index (χ0n) is 17.9. The number of hydrogen-bond acceptors (Lipinski definition) is 6. The van der Waals surface area contributed by atoms with Gasteiger partial charge in [0.25, 0.3) is 0 Å². The van der Waals surface area contributed by atoms with E-state index in [1.807, 2.05) is 0 Å². The van der Waals surface area contributed by atoms with Gasteiger partial charge >= 0.3 is 0 Å². The van der Waals surface area contributed by atoms with E-state index in [2.05, 4.69) is 10.6 Å². The highest BCUT2D eigenvalue weighted by atomic mass is 35.5. The van der Waals surface area contributed by atoms with E-state index in [9.17, 15) is 24.0 Å². The van der Waals surface area contributed by atoms with Crippen LogP contribution >= 0.6 is 11.6 Å². The Kier molecular flexibility index (Phi) is 4.78. The van der Waals surface area contributed by atoms with Crippen molar-refractivity contribution in [2.75, 3.05) is 10.2 Å². The molecule has 2 aromatic rings. The summed E-state index contributed by atoms with van der Waals surface area (Å²) in [6.45, 7) is 1.74. The van der Waals surface area contributed by atoms with Crippen LogP contribution in [0.15, 0.2) is 36.4 Å². The molecule has 5 amide bonds. The third-order valence-electron chi connectivity index (χ3n) is 6.92. The van der Waals surface area contributed by atoms with Crippen molar-refractivity contribution < 1.29 is 24.0 Å². The summed E-state index contributed by atoms with van der Waals surface area (Å²) >= 11 is 6.24. The quantitative estimate of drug-likeness (QED) is 0.465. The van der Waals surface area contributed by atoms with Gasteiger partial charge in [0, 0.05) is 28.6 Å². The molecule has 2 saturated heterocycles. The molecule has 1 spiro atoms. The minimum atomic E-state index is -1.58. The van der Waals surface area contributed by atoms with Crippen molar-refractivity contribution >= 4 is 52.5 Å². The van der Waals surface area contributed by atoms with Crippen LogP contribution in [0.5, 0.6) is 0 Å². The van der Waals surface area contributed by atoms with E-state index in [0.717, 1.165) is 4.90 Å². The number of anilines is 2. The molecular weight excluding hydrogens is 462 g/mol. The zero-order chi connectivity index (χ0) is 24.5. The van der Waals surface area contributed by atoms with Crippen LogP contribution in [-0.4, -0.2) is 35.6 Å². The normalized spacial score (nSPS) is 27.2. The Labute approximate surface area is 198 Å². The lowest BCUT2D eigenvalue weighted by Gasteiger charge is -2.29. The number of hydrogen-bond donors (Lipinski definition) is 4. The van der Waals surface area contributed by atoms with Crippen molar-refractivity contribution in [1.29, 1.82) is 0 Å². The molecule has 0 saturated carbocycles. The molecule has 3 aliphatic rings.